The Kier molecular flexibility index (Phi) is 4.24. The van der Waals surface area contributed by atoms with Gasteiger partial charge in [-0.15, -0.1) is 0 Å². The molecular weight excluding hydrogens is 290 g/mol. The zero-order valence-electron chi connectivity index (χ0n) is 11.9. The molecule has 1 saturated carbocycles. The average Bonchev–Trinajstić information content (AvgIpc) is 2.89. The van der Waals surface area contributed by atoms with Crippen LogP contribution in [0.4, 0.5) is 0 Å². The molecule has 0 bridgehead atoms. The van der Waals surface area contributed by atoms with Crippen LogP contribution in [-0.4, -0.2) is 22.9 Å². The summed E-state index contributed by atoms with van der Waals surface area (Å²) in [7, 11) is 0. The summed E-state index contributed by atoms with van der Waals surface area (Å²) in [5, 5.41) is 4.55. The van der Waals surface area contributed by atoms with E-state index in [0.717, 1.165) is 24.0 Å². The summed E-state index contributed by atoms with van der Waals surface area (Å²) in [6, 6.07) is 5.30. The summed E-state index contributed by atoms with van der Waals surface area (Å²) in [5.74, 6) is 0.833. The van der Waals surface area contributed by atoms with Crippen LogP contribution in [0.25, 0.3) is 11.5 Å². The number of rotatable bonds is 5. The topological polar surface area (TPSA) is 74.2 Å². The Morgan fingerprint density at radius 2 is 2.29 bits per heavy atom. The Balaban J connectivity index is 1.71. The van der Waals surface area contributed by atoms with Gasteiger partial charge in [0.15, 0.2) is 5.82 Å². The van der Waals surface area contributed by atoms with E-state index in [-0.39, 0.29) is 6.04 Å². The lowest BCUT2D eigenvalue weighted by molar-refractivity contribution is -0.00549. The molecular formula is C15H18ClN3O2. The van der Waals surface area contributed by atoms with Crippen LogP contribution >= 0.6 is 11.6 Å². The molecule has 0 radical (unpaired) electrons. The van der Waals surface area contributed by atoms with Crippen molar-refractivity contribution in [2.45, 2.75) is 38.3 Å². The minimum absolute atomic E-state index is 0.341. The van der Waals surface area contributed by atoms with Crippen LogP contribution in [0.2, 0.25) is 5.02 Å². The molecule has 0 spiro atoms. The molecule has 2 aromatic rings. The van der Waals surface area contributed by atoms with Gasteiger partial charge < -0.3 is 15.0 Å². The highest BCUT2D eigenvalue weighted by molar-refractivity contribution is 6.33. The lowest BCUT2D eigenvalue weighted by atomic mass is 9.96. The molecule has 1 aromatic carbocycles. The fourth-order valence-corrected chi connectivity index (χ4v) is 2.37. The van der Waals surface area contributed by atoms with Gasteiger partial charge in [0.1, 0.15) is 0 Å². The van der Waals surface area contributed by atoms with Crippen LogP contribution in [0.3, 0.4) is 0 Å². The number of hydrogen-bond acceptors (Lipinski definition) is 5. The van der Waals surface area contributed by atoms with Crippen LogP contribution in [-0.2, 0) is 4.74 Å². The molecule has 1 unspecified atom stereocenters. The minimum Gasteiger partial charge on any atom is -0.376 e. The first-order valence-corrected chi connectivity index (χ1v) is 7.49. The monoisotopic (exact) mass is 307 g/mol. The largest absolute Gasteiger partial charge is 0.376 e. The van der Waals surface area contributed by atoms with Gasteiger partial charge >= 0.3 is 0 Å². The highest BCUT2D eigenvalue weighted by atomic mass is 35.5. The predicted molar refractivity (Wildman–Crippen MR) is 80.0 cm³/mol. The third-order valence-corrected chi connectivity index (χ3v) is 4.26. The maximum atomic E-state index is 6.26. The lowest BCUT2D eigenvalue weighted by Gasteiger charge is -2.26. The van der Waals surface area contributed by atoms with E-state index in [0.29, 0.717) is 29.4 Å². The van der Waals surface area contributed by atoms with E-state index in [4.69, 9.17) is 26.6 Å². The zero-order chi connectivity index (χ0) is 14.8. The number of halogens is 1. The Hall–Kier alpha value is -1.43. The van der Waals surface area contributed by atoms with Gasteiger partial charge in [0, 0.05) is 0 Å². The molecule has 3 rings (SSSR count). The number of nitrogens with zero attached hydrogens (tertiary/aromatic N) is 2. The van der Waals surface area contributed by atoms with E-state index in [1.54, 1.807) is 0 Å². The van der Waals surface area contributed by atoms with Crippen LogP contribution in [0, 0.1) is 6.92 Å². The van der Waals surface area contributed by atoms with Crippen LogP contribution in [0.15, 0.2) is 22.7 Å². The summed E-state index contributed by atoms with van der Waals surface area (Å²) in [6.45, 7) is 2.34. The van der Waals surface area contributed by atoms with Crippen molar-refractivity contribution in [2.24, 2.45) is 5.73 Å². The second kappa shape index (κ2) is 6.13. The first-order chi connectivity index (χ1) is 10.1. The molecule has 5 nitrogen and oxygen atoms in total. The number of aromatic nitrogens is 2. The smallest absolute Gasteiger partial charge is 0.259 e. The van der Waals surface area contributed by atoms with Gasteiger partial charge in [-0.25, -0.2) is 0 Å². The van der Waals surface area contributed by atoms with Crippen molar-refractivity contribution in [1.82, 2.24) is 10.1 Å². The third-order valence-electron chi connectivity index (χ3n) is 3.76. The Morgan fingerprint density at radius 3 is 3.00 bits per heavy atom. The van der Waals surface area contributed by atoms with Crippen molar-refractivity contribution < 1.29 is 9.26 Å². The van der Waals surface area contributed by atoms with Gasteiger partial charge in [-0.2, -0.15) is 4.98 Å². The van der Waals surface area contributed by atoms with Crippen molar-refractivity contribution in [3.63, 3.8) is 0 Å². The standard InChI is InChI=1S/C15H18ClN3O2/c1-9-4-2-7-11(13(9)16)15-18-14(19-21-15)12(17)8-20-10-5-3-6-10/h2,4,7,10,12H,3,5-6,8,17H2,1H3. The summed E-state index contributed by atoms with van der Waals surface area (Å²) < 4.78 is 11.0. The molecule has 1 atom stereocenters. The highest BCUT2D eigenvalue weighted by Crippen LogP contribution is 2.29. The molecule has 0 aliphatic heterocycles. The molecule has 21 heavy (non-hydrogen) atoms. The second-order valence-electron chi connectivity index (χ2n) is 5.39. The Labute approximate surface area is 128 Å². The maximum absolute atomic E-state index is 6.26. The van der Waals surface area contributed by atoms with Gasteiger partial charge in [-0.1, -0.05) is 28.9 Å². The van der Waals surface area contributed by atoms with Gasteiger partial charge in [0.2, 0.25) is 0 Å². The minimum atomic E-state index is -0.383. The lowest BCUT2D eigenvalue weighted by Crippen LogP contribution is -2.27. The summed E-state index contributed by atoms with van der Waals surface area (Å²) >= 11 is 6.26. The molecule has 0 amide bonds. The van der Waals surface area contributed by atoms with Crippen LogP contribution < -0.4 is 5.73 Å². The number of hydrogen-bond donors (Lipinski definition) is 1. The number of nitrogens with two attached hydrogens (primary N) is 1. The van der Waals surface area contributed by atoms with Crippen molar-refractivity contribution in [1.29, 1.82) is 0 Å². The van der Waals surface area contributed by atoms with E-state index in [2.05, 4.69) is 10.1 Å². The highest BCUT2D eigenvalue weighted by Gasteiger charge is 2.22. The van der Waals surface area contributed by atoms with E-state index in [9.17, 15) is 0 Å². The van der Waals surface area contributed by atoms with E-state index < -0.39 is 0 Å². The van der Waals surface area contributed by atoms with Gasteiger partial charge in [-0.3, -0.25) is 0 Å². The SMILES string of the molecule is Cc1cccc(-c2nc(C(N)COC3CCC3)no2)c1Cl. The number of benzene rings is 1. The van der Waals surface area contributed by atoms with Crippen LogP contribution in [0.1, 0.15) is 36.7 Å². The predicted octanol–water partition coefficient (Wildman–Crippen LogP) is 3.27. The molecule has 1 aliphatic carbocycles. The molecule has 2 N–H and O–H groups in total. The Bertz CT molecular complexity index is 625. The van der Waals surface area contributed by atoms with E-state index >= 15 is 0 Å². The maximum Gasteiger partial charge on any atom is 0.259 e. The fourth-order valence-electron chi connectivity index (χ4n) is 2.16. The van der Waals surface area contributed by atoms with Crippen molar-refractivity contribution in [3.8, 4) is 11.5 Å². The van der Waals surface area contributed by atoms with Crippen LogP contribution in [0.5, 0.6) is 0 Å². The molecule has 112 valence electrons. The molecule has 0 saturated heterocycles. The number of aryl methyl sites for hydroxylation is 1. The average molecular weight is 308 g/mol. The van der Waals surface area contributed by atoms with Crippen molar-refractivity contribution in [3.05, 3.63) is 34.6 Å². The number of ether oxygens (including phenoxy) is 1. The van der Waals surface area contributed by atoms with E-state index in [1.165, 1.54) is 6.42 Å². The second-order valence-corrected chi connectivity index (χ2v) is 5.76. The first-order valence-electron chi connectivity index (χ1n) is 7.11. The third kappa shape index (κ3) is 3.10. The molecule has 1 heterocycles. The molecule has 1 aromatic heterocycles. The van der Waals surface area contributed by atoms with Crippen molar-refractivity contribution in [2.75, 3.05) is 6.61 Å². The van der Waals surface area contributed by atoms with Crippen molar-refractivity contribution >= 4 is 11.6 Å². The Morgan fingerprint density at radius 1 is 1.48 bits per heavy atom. The molecule has 1 aliphatic rings. The summed E-state index contributed by atoms with van der Waals surface area (Å²) in [4.78, 5) is 4.34. The zero-order valence-corrected chi connectivity index (χ0v) is 12.6. The van der Waals surface area contributed by atoms with Gasteiger partial charge in [0.05, 0.1) is 29.3 Å². The quantitative estimate of drug-likeness (QED) is 0.917. The van der Waals surface area contributed by atoms with Gasteiger partial charge in [0.25, 0.3) is 5.89 Å². The molecule has 6 heteroatoms. The van der Waals surface area contributed by atoms with Gasteiger partial charge in [-0.05, 0) is 37.8 Å². The van der Waals surface area contributed by atoms with E-state index in [1.807, 2.05) is 25.1 Å². The normalized spacial score (nSPS) is 16.7. The summed E-state index contributed by atoms with van der Waals surface area (Å²) in [5.41, 5.74) is 7.73. The molecule has 1 fully saturated rings. The fraction of sp³-hybridized carbons (Fsp3) is 0.467. The first kappa shape index (κ1) is 14.5. The summed E-state index contributed by atoms with van der Waals surface area (Å²) in [6.07, 6.45) is 3.80.